The van der Waals surface area contributed by atoms with Crippen LogP contribution in [0, 0.1) is 29.1 Å². The normalized spacial score (nSPS) is 21.7. The van der Waals surface area contributed by atoms with Crippen LogP contribution in [0.1, 0.15) is 79.5 Å². The highest BCUT2D eigenvalue weighted by Gasteiger charge is 2.59. The van der Waals surface area contributed by atoms with Gasteiger partial charge in [-0.2, -0.15) is 15.4 Å². The highest BCUT2D eigenvalue weighted by atomic mass is 31.2. The molecule has 3 aromatic rings. The van der Waals surface area contributed by atoms with Crippen molar-refractivity contribution in [3.05, 3.63) is 54.0 Å². The Hall–Kier alpha value is -4.55. The SMILES string of the molecule is CCC(CC)COC(=O)[C@H](C)NP(=O)(OC[C@H]1O[C@@](C)(c2ccc3c(N)ncnn23)[C@H](OC(=O)C(C)C)[C@@H]1OC(=O)C(C)C)Oc1ccc(C#N)cc1. The summed E-state index contributed by atoms with van der Waals surface area (Å²) < 4.78 is 52.0. The van der Waals surface area contributed by atoms with Crippen LogP contribution in [-0.2, 0) is 48.0 Å². The number of nitrogen functional groups attached to an aromatic ring is 1. The highest BCUT2D eigenvalue weighted by molar-refractivity contribution is 7.52. The van der Waals surface area contributed by atoms with E-state index in [-0.39, 0.29) is 24.1 Å². The molecule has 3 N–H and O–H groups in total. The van der Waals surface area contributed by atoms with E-state index in [0.29, 0.717) is 16.8 Å². The first-order valence-corrected chi connectivity index (χ1v) is 19.2. The van der Waals surface area contributed by atoms with Crippen molar-refractivity contribution in [2.75, 3.05) is 18.9 Å². The van der Waals surface area contributed by atoms with E-state index in [9.17, 15) is 24.2 Å². The van der Waals surface area contributed by atoms with E-state index >= 15 is 0 Å². The molecule has 0 spiro atoms. The monoisotopic (exact) mass is 756 g/mol. The quantitative estimate of drug-likeness (QED) is 0.104. The molecule has 53 heavy (non-hydrogen) atoms. The Morgan fingerprint density at radius 1 is 1.02 bits per heavy atom. The Morgan fingerprint density at radius 3 is 2.26 bits per heavy atom. The van der Waals surface area contributed by atoms with Gasteiger partial charge in [-0.05, 0) is 56.2 Å². The maximum absolute atomic E-state index is 14.5. The standard InChI is InChI=1S/C36H49N6O10P/c1-9-24(10-2)18-47-35(45)23(7)41-53(46,52-26-13-11-25(17-37)12-14-26)48-19-28-30(49-33(43)21(3)4)31(50-34(44)22(5)6)36(8,51-28)29-16-15-27-32(38)39-20-40-42(27)29/h11-16,20-24,28,30-31H,9-10,18-19H2,1-8H3,(H,41,46)(H2,38,39,40)/t23-,28+,30+,31+,36-,53?/m0/s1. The lowest BCUT2D eigenvalue weighted by Gasteiger charge is -2.31. The number of carbonyl (C=O) groups excluding carboxylic acids is 3. The Labute approximate surface area is 309 Å². The van der Waals surface area contributed by atoms with Crippen LogP contribution in [0.2, 0.25) is 0 Å². The van der Waals surface area contributed by atoms with Gasteiger partial charge in [0.05, 0.1) is 42.4 Å². The number of nitrogens with two attached hydrogens (primary N) is 1. The number of nitrogens with zero attached hydrogens (tertiary/aromatic N) is 4. The fourth-order valence-corrected chi connectivity index (χ4v) is 7.10. The molecule has 17 heteroatoms. The Bertz CT molecular complexity index is 1840. The van der Waals surface area contributed by atoms with E-state index in [4.69, 9.17) is 33.7 Å². The van der Waals surface area contributed by atoms with E-state index in [1.807, 2.05) is 19.9 Å². The van der Waals surface area contributed by atoms with Gasteiger partial charge in [0.15, 0.2) is 18.0 Å². The summed E-state index contributed by atoms with van der Waals surface area (Å²) in [7, 11) is -4.48. The molecular formula is C36H49N6O10P. The van der Waals surface area contributed by atoms with E-state index < -0.39 is 74.1 Å². The zero-order chi connectivity index (χ0) is 39.1. The molecule has 2 aromatic heterocycles. The van der Waals surface area contributed by atoms with Crippen molar-refractivity contribution >= 4 is 37.0 Å². The van der Waals surface area contributed by atoms with Crippen molar-refractivity contribution in [2.45, 2.75) is 98.2 Å². The lowest BCUT2D eigenvalue weighted by atomic mass is 9.92. The van der Waals surface area contributed by atoms with Crippen molar-refractivity contribution in [3.8, 4) is 11.8 Å². The predicted octanol–water partition coefficient (Wildman–Crippen LogP) is 5.09. The molecule has 16 nitrogen and oxygen atoms in total. The van der Waals surface area contributed by atoms with Crippen LogP contribution in [-0.4, -0.2) is 70.1 Å². The number of hydrogen-bond donors (Lipinski definition) is 2. The maximum Gasteiger partial charge on any atom is 0.459 e. The van der Waals surface area contributed by atoms with Crippen LogP contribution in [0.4, 0.5) is 5.82 Å². The molecular weight excluding hydrogens is 707 g/mol. The Balaban J connectivity index is 1.73. The van der Waals surface area contributed by atoms with Gasteiger partial charge in [-0.25, -0.2) is 14.1 Å². The fourth-order valence-electron chi connectivity index (χ4n) is 5.60. The molecule has 0 aliphatic carbocycles. The summed E-state index contributed by atoms with van der Waals surface area (Å²) in [5, 5.41) is 16.2. The second-order valence-electron chi connectivity index (χ2n) is 13.7. The third-order valence-electron chi connectivity index (χ3n) is 8.97. The minimum absolute atomic E-state index is 0.0677. The van der Waals surface area contributed by atoms with Crippen LogP contribution in [0.15, 0.2) is 42.7 Å². The average molecular weight is 757 g/mol. The molecule has 0 bridgehead atoms. The third-order valence-corrected chi connectivity index (χ3v) is 10.6. The van der Waals surface area contributed by atoms with E-state index in [0.717, 1.165) is 12.8 Å². The number of carbonyl (C=O) groups is 3. The molecule has 0 amide bonds. The van der Waals surface area contributed by atoms with Crippen LogP contribution in [0.5, 0.6) is 5.75 Å². The minimum Gasteiger partial charge on any atom is -0.464 e. The summed E-state index contributed by atoms with van der Waals surface area (Å²) in [5.74, 6) is -2.62. The summed E-state index contributed by atoms with van der Waals surface area (Å²) in [6.07, 6.45) is -0.874. The van der Waals surface area contributed by atoms with Crippen molar-refractivity contribution in [1.82, 2.24) is 19.7 Å². The maximum atomic E-state index is 14.5. The number of ether oxygens (including phenoxy) is 4. The summed E-state index contributed by atoms with van der Waals surface area (Å²) in [4.78, 5) is 43.4. The zero-order valence-corrected chi connectivity index (χ0v) is 32.2. The largest absolute Gasteiger partial charge is 0.464 e. The molecule has 288 valence electrons. The minimum atomic E-state index is -4.48. The smallest absolute Gasteiger partial charge is 0.459 e. The molecule has 1 aliphatic heterocycles. The first-order valence-electron chi connectivity index (χ1n) is 17.6. The fraction of sp³-hybridized carbons (Fsp3) is 0.556. The van der Waals surface area contributed by atoms with E-state index in [1.54, 1.807) is 46.8 Å². The highest BCUT2D eigenvalue weighted by Crippen LogP contribution is 2.48. The van der Waals surface area contributed by atoms with E-state index in [2.05, 4.69) is 15.2 Å². The number of benzene rings is 1. The lowest BCUT2D eigenvalue weighted by molar-refractivity contribution is -0.175. The number of nitrogens with one attached hydrogen (secondary N) is 1. The molecule has 6 atom stereocenters. The van der Waals surface area contributed by atoms with Crippen molar-refractivity contribution in [2.24, 2.45) is 17.8 Å². The van der Waals surface area contributed by atoms with Crippen LogP contribution >= 0.6 is 7.75 Å². The summed E-state index contributed by atoms with van der Waals surface area (Å²) in [5.41, 5.74) is 5.75. The number of hydrogen-bond acceptors (Lipinski definition) is 14. The van der Waals surface area contributed by atoms with Crippen molar-refractivity contribution < 1.29 is 46.9 Å². The third kappa shape index (κ3) is 9.71. The Kier molecular flexibility index (Phi) is 13.6. The first-order chi connectivity index (χ1) is 25.0. The number of anilines is 1. The molecule has 1 saturated heterocycles. The molecule has 4 rings (SSSR count). The molecule has 1 aliphatic rings. The van der Waals surface area contributed by atoms with Gasteiger partial charge in [-0.3, -0.25) is 18.9 Å². The van der Waals surface area contributed by atoms with Gasteiger partial charge >= 0.3 is 25.7 Å². The molecule has 0 saturated carbocycles. The molecule has 1 unspecified atom stereocenters. The van der Waals surface area contributed by atoms with Crippen molar-refractivity contribution in [3.63, 3.8) is 0 Å². The molecule has 0 radical (unpaired) electrons. The number of nitriles is 1. The van der Waals surface area contributed by atoms with Gasteiger partial charge in [-0.1, -0.05) is 54.4 Å². The number of esters is 3. The summed E-state index contributed by atoms with van der Waals surface area (Å²) >= 11 is 0. The molecule has 1 fully saturated rings. The van der Waals surface area contributed by atoms with Crippen LogP contribution < -0.4 is 15.3 Å². The van der Waals surface area contributed by atoms with E-state index in [1.165, 1.54) is 42.0 Å². The van der Waals surface area contributed by atoms with Gasteiger partial charge < -0.3 is 29.2 Å². The van der Waals surface area contributed by atoms with Crippen LogP contribution in [0.3, 0.4) is 0 Å². The summed E-state index contributed by atoms with van der Waals surface area (Å²) in [6, 6.07) is 9.97. The topological polar surface area (TPSA) is 216 Å². The second kappa shape index (κ2) is 17.5. The summed E-state index contributed by atoms with van der Waals surface area (Å²) in [6.45, 7) is 13.3. The average Bonchev–Trinajstić information content (AvgIpc) is 3.68. The molecule has 1 aromatic carbocycles. The lowest BCUT2D eigenvalue weighted by Crippen LogP contribution is -2.46. The second-order valence-corrected chi connectivity index (χ2v) is 15.4. The van der Waals surface area contributed by atoms with Crippen LogP contribution in [0.25, 0.3) is 5.52 Å². The van der Waals surface area contributed by atoms with Gasteiger partial charge in [0.1, 0.15) is 35.3 Å². The number of aromatic nitrogens is 3. The van der Waals surface area contributed by atoms with Gasteiger partial charge in [0.2, 0.25) is 0 Å². The predicted molar refractivity (Wildman–Crippen MR) is 192 cm³/mol. The Morgan fingerprint density at radius 2 is 1.66 bits per heavy atom. The van der Waals surface area contributed by atoms with Gasteiger partial charge in [-0.15, -0.1) is 0 Å². The van der Waals surface area contributed by atoms with Gasteiger partial charge in [0.25, 0.3) is 0 Å². The number of fused-ring (bicyclic) bond motifs is 1. The molecule has 3 heterocycles. The van der Waals surface area contributed by atoms with Gasteiger partial charge in [0, 0.05) is 0 Å². The van der Waals surface area contributed by atoms with Crippen molar-refractivity contribution in [1.29, 1.82) is 5.26 Å². The number of rotatable bonds is 17. The first kappa shape index (κ1) is 41.2. The zero-order valence-electron chi connectivity index (χ0n) is 31.3.